The van der Waals surface area contributed by atoms with Gasteiger partial charge in [0.05, 0.1) is 13.3 Å². The highest BCUT2D eigenvalue weighted by Crippen LogP contribution is 2.27. The Labute approximate surface area is 122 Å². The number of fused-ring (bicyclic) bond motifs is 2. The van der Waals surface area contributed by atoms with Gasteiger partial charge in [0.1, 0.15) is 0 Å². The number of nitrogens with zero attached hydrogens (tertiary/aromatic N) is 3. The maximum Gasteiger partial charge on any atom is 0.289 e. The second-order valence-corrected chi connectivity index (χ2v) is 5.73. The number of hydrogen-bond acceptors (Lipinski definition) is 5. The summed E-state index contributed by atoms with van der Waals surface area (Å²) in [6.45, 7) is 3.21. The van der Waals surface area contributed by atoms with E-state index in [2.05, 4.69) is 20.2 Å². The number of amides is 1. The van der Waals surface area contributed by atoms with Crippen LogP contribution in [-0.4, -0.2) is 53.6 Å². The first-order valence-corrected chi connectivity index (χ1v) is 7.13. The summed E-state index contributed by atoms with van der Waals surface area (Å²) in [7, 11) is 1.48. The smallest absolute Gasteiger partial charge is 0.289 e. The summed E-state index contributed by atoms with van der Waals surface area (Å²) in [6, 6.07) is 0.174. The Morgan fingerprint density at radius 1 is 1.55 bits per heavy atom. The van der Waals surface area contributed by atoms with Gasteiger partial charge in [-0.3, -0.25) is 4.79 Å². The monoisotopic (exact) mass is 296 g/mol. The number of methoxy groups -OCH3 is 1. The van der Waals surface area contributed by atoms with E-state index in [9.17, 15) is 4.79 Å². The molecule has 3 heterocycles. The van der Waals surface area contributed by atoms with Gasteiger partial charge in [-0.05, 0) is 25.3 Å². The minimum Gasteiger partial charge on any atom is -0.492 e. The SMILES string of the molecule is COc1cnc(C(=O)NC2CC3CCN(C3)C2)nc1Cl. The molecule has 3 unspecified atom stereocenters. The van der Waals surface area contributed by atoms with E-state index >= 15 is 0 Å². The molecule has 1 N–H and O–H groups in total. The van der Waals surface area contributed by atoms with Crippen molar-refractivity contribution in [2.75, 3.05) is 26.7 Å². The normalized spacial score (nSPS) is 28.2. The fourth-order valence-corrected chi connectivity index (χ4v) is 3.22. The summed E-state index contributed by atoms with van der Waals surface area (Å²) in [5.41, 5.74) is 0. The summed E-state index contributed by atoms with van der Waals surface area (Å²) in [5, 5.41) is 3.15. The molecule has 7 heteroatoms. The lowest BCUT2D eigenvalue weighted by atomic mass is 9.97. The van der Waals surface area contributed by atoms with Crippen LogP contribution in [0.3, 0.4) is 0 Å². The lowest BCUT2D eigenvalue weighted by Gasteiger charge is -2.30. The summed E-state index contributed by atoms with van der Waals surface area (Å²) in [6.07, 6.45) is 3.68. The van der Waals surface area contributed by atoms with E-state index in [0.29, 0.717) is 11.7 Å². The molecule has 2 aliphatic heterocycles. The van der Waals surface area contributed by atoms with Crippen LogP contribution in [0.4, 0.5) is 0 Å². The van der Waals surface area contributed by atoms with Crippen LogP contribution in [0.15, 0.2) is 6.20 Å². The lowest BCUT2D eigenvalue weighted by molar-refractivity contribution is 0.0898. The molecular weight excluding hydrogens is 280 g/mol. The molecule has 2 fully saturated rings. The number of ether oxygens (including phenoxy) is 1. The third-order valence-corrected chi connectivity index (χ3v) is 4.21. The van der Waals surface area contributed by atoms with Crippen LogP contribution < -0.4 is 10.1 Å². The largest absolute Gasteiger partial charge is 0.492 e. The highest BCUT2D eigenvalue weighted by atomic mass is 35.5. The third kappa shape index (κ3) is 2.71. The zero-order valence-corrected chi connectivity index (χ0v) is 12.1. The number of carbonyl (C=O) groups is 1. The molecule has 0 spiro atoms. The van der Waals surface area contributed by atoms with Crippen LogP contribution >= 0.6 is 11.6 Å². The van der Waals surface area contributed by atoms with Gasteiger partial charge in [-0.15, -0.1) is 0 Å². The van der Waals surface area contributed by atoms with Crippen LogP contribution in [0.5, 0.6) is 5.75 Å². The fourth-order valence-electron chi connectivity index (χ4n) is 3.01. The van der Waals surface area contributed by atoms with Gasteiger partial charge in [-0.25, -0.2) is 9.97 Å². The lowest BCUT2D eigenvalue weighted by Crippen LogP contribution is -2.47. The molecule has 1 aromatic heterocycles. The fraction of sp³-hybridized carbons (Fsp3) is 0.615. The molecule has 2 aliphatic rings. The van der Waals surface area contributed by atoms with Crippen molar-refractivity contribution in [2.24, 2.45) is 5.92 Å². The van der Waals surface area contributed by atoms with Crippen molar-refractivity contribution in [3.63, 3.8) is 0 Å². The van der Waals surface area contributed by atoms with E-state index in [4.69, 9.17) is 16.3 Å². The highest BCUT2D eigenvalue weighted by molar-refractivity contribution is 6.30. The van der Waals surface area contributed by atoms with Crippen LogP contribution in [0.25, 0.3) is 0 Å². The second-order valence-electron chi connectivity index (χ2n) is 5.37. The van der Waals surface area contributed by atoms with Crippen molar-refractivity contribution in [1.82, 2.24) is 20.2 Å². The number of aromatic nitrogens is 2. The topological polar surface area (TPSA) is 67.3 Å². The van der Waals surface area contributed by atoms with Crippen molar-refractivity contribution < 1.29 is 9.53 Å². The molecular formula is C13H17ClN4O2. The van der Waals surface area contributed by atoms with Gasteiger partial charge in [0, 0.05) is 19.1 Å². The summed E-state index contributed by atoms with van der Waals surface area (Å²) >= 11 is 5.91. The number of halogens is 1. The standard InChI is InChI=1S/C13H17ClN4O2/c1-20-10-5-15-12(17-11(10)14)13(19)16-9-4-8-2-3-18(6-8)7-9/h5,8-9H,2-4,6-7H2,1H3,(H,16,19). The van der Waals surface area contributed by atoms with Crippen LogP contribution in [0.2, 0.25) is 5.15 Å². The molecule has 108 valence electrons. The van der Waals surface area contributed by atoms with Gasteiger partial charge in [-0.1, -0.05) is 11.6 Å². The molecule has 20 heavy (non-hydrogen) atoms. The molecule has 1 aromatic rings. The zero-order chi connectivity index (χ0) is 14.1. The predicted molar refractivity (Wildman–Crippen MR) is 74.0 cm³/mol. The quantitative estimate of drug-likeness (QED) is 0.842. The Balaban J connectivity index is 1.65. The first-order valence-electron chi connectivity index (χ1n) is 6.75. The van der Waals surface area contributed by atoms with E-state index in [1.807, 2.05) is 0 Å². The average molecular weight is 297 g/mol. The van der Waals surface area contributed by atoms with Gasteiger partial charge in [0.25, 0.3) is 5.91 Å². The number of rotatable bonds is 3. The molecule has 0 aliphatic carbocycles. The molecule has 0 saturated carbocycles. The number of nitrogens with one attached hydrogen (secondary N) is 1. The molecule has 3 atom stereocenters. The van der Waals surface area contributed by atoms with E-state index in [1.165, 1.54) is 19.7 Å². The Bertz CT molecular complexity index is 513. The number of carbonyl (C=O) groups excluding carboxylic acids is 1. The van der Waals surface area contributed by atoms with Crippen molar-refractivity contribution in [2.45, 2.75) is 18.9 Å². The van der Waals surface area contributed by atoms with Gasteiger partial charge < -0.3 is 15.0 Å². The predicted octanol–water partition coefficient (Wildman–Crippen LogP) is 0.963. The molecule has 0 aromatic carbocycles. The second kappa shape index (κ2) is 5.54. The van der Waals surface area contributed by atoms with E-state index in [0.717, 1.165) is 26.1 Å². The zero-order valence-electron chi connectivity index (χ0n) is 11.3. The first-order chi connectivity index (χ1) is 9.65. The molecule has 0 radical (unpaired) electrons. The average Bonchev–Trinajstić information content (AvgIpc) is 2.77. The van der Waals surface area contributed by atoms with Crippen LogP contribution in [0.1, 0.15) is 23.5 Å². The Morgan fingerprint density at radius 3 is 3.10 bits per heavy atom. The Hall–Kier alpha value is -1.40. The molecule has 2 bridgehead atoms. The maximum atomic E-state index is 12.1. The van der Waals surface area contributed by atoms with Gasteiger partial charge >= 0.3 is 0 Å². The number of hydrogen-bond donors (Lipinski definition) is 1. The van der Waals surface area contributed by atoms with Crippen molar-refractivity contribution in [3.05, 3.63) is 17.2 Å². The van der Waals surface area contributed by atoms with E-state index in [-0.39, 0.29) is 22.9 Å². The minimum absolute atomic E-state index is 0.0868. The maximum absolute atomic E-state index is 12.1. The minimum atomic E-state index is -0.276. The Kier molecular flexibility index (Phi) is 3.76. The van der Waals surface area contributed by atoms with Crippen molar-refractivity contribution >= 4 is 17.5 Å². The number of piperidine rings is 1. The van der Waals surface area contributed by atoms with E-state index < -0.39 is 0 Å². The van der Waals surface area contributed by atoms with Crippen molar-refractivity contribution in [1.29, 1.82) is 0 Å². The van der Waals surface area contributed by atoms with E-state index in [1.54, 1.807) is 0 Å². The highest BCUT2D eigenvalue weighted by Gasteiger charge is 2.33. The van der Waals surface area contributed by atoms with Gasteiger partial charge in [0.15, 0.2) is 10.9 Å². The van der Waals surface area contributed by atoms with Crippen LogP contribution in [-0.2, 0) is 0 Å². The van der Waals surface area contributed by atoms with Gasteiger partial charge in [0.2, 0.25) is 5.82 Å². The Morgan fingerprint density at radius 2 is 2.40 bits per heavy atom. The molecule has 6 nitrogen and oxygen atoms in total. The first kappa shape index (κ1) is 13.6. The van der Waals surface area contributed by atoms with Crippen LogP contribution in [0, 0.1) is 5.92 Å². The summed E-state index contributed by atoms with van der Waals surface area (Å²) in [4.78, 5) is 22.5. The molecule has 3 rings (SSSR count). The summed E-state index contributed by atoms with van der Waals surface area (Å²) < 4.78 is 4.97. The molecule has 2 saturated heterocycles. The van der Waals surface area contributed by atoms with Gasteiger partial charge in [-0.2, -0.15) is 0 Å². The third-order valence-electron chi connectivity index (χ3n) is 3.94. The summed E-state index contributed by atoms with van der Waals surface area (Å²) in [5.74, 6) is 0.880. The van der Waals surface area contributed by atoms with Crippen molar-refractivity contribution in [3.8, 4) is 5.75 Å². The molecule has 1 amide bonds.